The summed E-state index contributed by atoms with van der Waals surface area (Å²) in [7, 11) is 2.04. The van der Waals surface area contributed by atoms with Crippen molar-refractivity contribution in [1.82, 2.24) is 19.3 Å². The van der Waals surface area contributed by atoms with Gasteiger partial charge in [0.15, 0.2) is 0 Å². The van der Waals surface area contributed by atoms with Crippen molar-refractivity contribution < 1.29 is 18.7 Å². The number of carbonyl (C=O) groups excluding carboxylic acids is 2. The van der Waals surface area contributed by atoms with Crippen molar-refractivity contribution in [3.8, 4) is 0 Å². The number of hydrogen-bond donors (Lipinski definition) is 0. The van der Waals surface area contributed by atoms with Crippen LogP contribution in [0.5, 0.6) is 0 Å². The Morgan fingerprint density at radius 2 is 1.60 bits per heavy atom. The zero-order chi connectivity index (χ0) is 24.4. The molecule has 0 atom stereocenters. The molecule has 2 amide bonds. The predicted molar refractivity (Wildman–Crippen MR) is 135 cm³/mol. The van der Waals surface area contributed by atoms with Gasteiger partial charge in [-0.25, -0.2) is 9.18 Å². The normalized spacial score (nSPS) is 16.9. The molecular weight excluding hydrogens is 477 g/mol. The fourth-order valence-electron chi connectivity index (χ4n) is 4.58. The van der Waals surface area contributed by atoms with Gasteiger partial charge >= 0.3 is 6.09 Å². The third-order valence-electron chi connectivity index (χ3n) is 6.66. The van der Waals surface area contributed by atoms with Gasteiger partial charge in [-0.2, -0.15) is 0 Å². The summed E-state index contributed by atoms with van der Waals surface area (Å²) < 4.78 is 22.0. The van der Waals surface area contributed by atoms with Gasteiger partial charge in [0.2, 0.25) is 5.43 Å². The molecule has 0 spiro atoms. The molecule has 3 heterocycles. The summed E-state index contributed by atoms with van der Waals surface area (Å²) in [4.78, 5) is 45.8. The van der Waals surface area contributed by atoms with Crippen LogP contribution in [0.4, 0.5) is 14.9 Å². The summed E-state index contributed by atoms with van der Waals surface area (Å²) in [5, 5.41) is 0.202. The van der Waals surface area contributed by atoms with Crippen LogP contribution in [-0.2, 0) is 11.3 Å². The van der Waals surface area contributed by atoms with Crippen molar-refractivity contribution in [3.05, 3.63) is 39.9 Å². The molecule has 2 saturated heterocycles. The van der Waals surface area contributed by atoms with E-state index in [9.17, 15) is 14.4 Å². The van der Waals surface area contributed by atoms with Crippen LogP contribution in [-0.4, -0.2) is 97.3 Å². The maximum absolute atomic E-state index is 15.1. The summed E-state index contributed by atoms with van der Waals surface area (Å²) in [6.07, 6.45) is 1.18. The maximum atomic E-state index is 15.1. The molecule has 1 aromatic heterocycles. The number of pyridine rings is 1. The summed E-state index contributed by atoms with van der Waals surface area (Å²) in [6, 6.07) is 3.00. The highest BCUT2D eigenvalue weighted by molar-refractivity contribution is 5.98. The second-order valence-electron chi connectivity index (χ2n) is 8.75. The highest BCUT2D eigenvalue weighted by atomic mass is 35.5. The smallest absolute Gasteiger partial charge is 0.409 e. The number of ether oxygens (including phenoxy) is 1. The largest absolute Gasteiger partial charge is 0.450 e. The van der Waals surface area contributed by atoms with Crippen molar-refractivity contribution in [3.63, 3.8) is 0 Å². The van der Waals surface area contributed by atoms with Crippen molar-refractivity contribution in [2.24, 2.45) is 0 Å². The lowest BCUT2D eigenvalue weighted by Crippen LogP contribution is -2.51. The van der Waals surface area contributed by atoms with Crippen molar-refractivity contribution in [2.45, 2.75) is 20.4 Å². The van der Waals surface area contributed by atoms with Gasteiger partial charge in [0.05, 0.1) is 17.8 Å². The average Bonchev–Trinajstić information content (AvgIpc) is 2.85. The molecular formula is C24H33ClFN5O4. The molecule has 0 N–H and O–H groups in total. The molecule has 1 aromatic carbocycles. The Morgan fingerprint density at radius 3 is 2.20 bits per heavy atom. The Balaban J connectivity index is 0.00000342. The summed E-state index contributed by atoms with van der Waals surface area (Å²) in [6.45, 7) is 8.88. The van der Waals surface area contributed by atoms with E-state index in [0.29, 0.717) is 63.6 Å². The molecule has 2 aliphatic rings. The van der Waals surface area contributed by atoms with E-state index in [2.05, 4.69) is 4.90 Å². The van der Waals surface area contributed by atoms with Gasteiger partial charge in [-0.05, 0) is 33.0 Å². The summed E-state index contributed by atoms with van der Waals surface area (Å²) in [5.74, 6) is -0.856. The van der Waals surface area contributed by atoms with Gasteiger partial charge in [-0.1, -0.05) is 0 Å². The number of anilines is 1. The Morgan fingerprint density at radius 1 is 0.971 bits per heavy atom. The lowest BCUT2D eigenvalue weighted by Gasteiger charge is -2.34. The van der Waals surface area contributed by atoms with Gasteiger partial charge in [-0.15, -0.1) is 12.4 Å². The van der Waals surface area contributed by atoms with Crippen molar-refractivity contribution in [1.29, 1.82) is 0 Å². The summed E-state index contributed by atoms with van der Waals surface area (Å²) >= 11 is 0. The topological polar surface area (TPSA) is 78.3 Å². The second kappa shape index (κ2) is 11.3. The molecule has 0 aliphatic carbocycles. The number of rotatable bonds is 4. The molecule has 0 unspecified atom stereocenters. The molecule has 0 radical (unpaired) electrons. The van der Waals surface area contributed by atoms with Gasteiger partial charge in [0.1, 0.15) is 11.4 Å². The molecule has 2 fully saturated rings. The molecule has 192 valence electrons. The number of piperazine rings is 2. The van der Waals surface area contributed by atoms with E-state index in [1.165, 1.54) is 6.07 Å². The third kappa shape index (κ3) is 5.38. The minimum atomic E-state index is -0.471. The third-order valence-corrected chi connectivity index (χ3v) is 6.66. The molecule has 0 bridgehead atoms. The van der Waals surface area contributed by atoms with Crippen LogP contribution >= 0.6 is 12.4 Å². The van der Waals surface area contributed by atoms with E-state index in [0.717, 1.165) is 13.1 Å². The van der Waals surface area contributed by atoms with E-state index >= 15 is 4.39 Å². The minimum Gasteiger partial charge on any atom is -0.450 e. The molecule has 2 aliphatic heterocycles. The molecule has 0 saturated carbocycles. The van der Waals surface area contributed by atoms with E-state index in [1.54, 1.807) is 29.0 Å². The van der Waals surface area contributed by atoms with Crippen molar-refractivity contribution in [2.75, 3.05) is 70.9 Å². The van der Waals surface area contributed by atoms with Crippen LogP contribution in [0.3, 0.4) is 0 Å². The van der Waals surface area contributed by atoms with Crippen LogP contribution in [0.25, 0.3) is 10.9 Å². The van der Waals surface area contributed by atoms with Gasteiger partial charge < -0.3 is 28.9 Å². The summed E-state index contributed by atoms with van der Waals surface area (Å²) in [5.41, 5.74) is 0.648. The first-order chi connectivity index (χ1) is 16.3. The number of aromatic nitrogens is 1. The highest BCUT2D eigenvalue weighted by Crippen LogP contribution is 2.26. The second-order valence-corrected chi connectivity index (χ2v) is 8.75. The fraction of sp³-hybridized carbons (Fsp3) is 0.542. The number of likely N-dealkylation sites (N-methyl/N-ethyl adjacent to an activating group) is 1. The number of amides is 2. The number of halogens is 2. The minimum absolute atomic E-state index is 0. The van der Waals surface area contributed by atoms with Gasteiger partial charge in [0.25, 0.3) is 5.91 Å². The first kappa shape index (κ1) is 26.7. The predicted octanol–water partition coefficient (Wildman–Crippen LogP) is 2.25. The Bertz CT molecular complexity index is 1140. The number of nitrogens with zero attached hydrogens (tertiary/aromatic N) is 5. The zero-order valence-corrected chi connectivity index (χ0v) is 21.3. The highest BCUT2D eigenvalue weighted by Gasteiger charge is 2.28. The van der Waals surface area contributed by atoms with Crippen LogP contribution in [0.1, 0.15) is 24.2 Å². The molecule has 4 rings (SSSR count). The molecule has 9 nitrogen and oxygen atoms in total. The van der Waals surface area contributed by atoms with E-state index in [1.807, 2.05) is 23.4 Å². The van der Waals surface area contributed by atoms with E-state index < -0.39 is 23.2 Å². The van der Waals surface area contributed by atoms with Crippen LogP contribution in [0.2, 0.25) is 0 Å². The number of carbonyl (C=O) groups is 2. The molecule has 35 heavy (non-hydrogen) atoms. The SMILES string of the molecule is CCOC(=O)N1CCN(C(=O)c2cn(CC)c3cc(N4CCN(C)CC4)c(F)cc3c2=O)CC1.Cl. The monoisotopic (exact) mass is 509 g/mol. The zero-order valence-electron chi connectivity index (χ0n) is 20.5. The quantitative estimate of drug-likeness (QED) is 0.629. The first-order valence-corrected chi connectivity index (χ1v) is 11.8. The van der Waals surface area contributed by atoms with Gasteiger partial charge in [0, 0.05) is 70.5 Å². The average molecular weight is 510 g/mol. The number of aryl methyl sites for hydroxylation is 1. The lowest BCUT2D eigenvalue weighted by atomic mass is 10.1. The Kier molecular flexibility index (Phi) is 8.60. The molecule has 2 aromatic rings. The molecule has 11 heteroatoms. The van der Waals surface area contributed by atoms with Crippen LogP contribution in [0, 0.1) is 5.82 Å². The van der Waals surface area contributed by atoms with Crippen LogP contribution < -0.4 is 10.3 Å². The Hall–Kier alpha value is -2.85. The van der Waals surface area contributed by atoms with Crippen LogP contribution in [0.15, 0.2) is 23.1 Å². The first-order valence-electron chi connectivity index (χ1n) is 11.8. The number of benzene rings is 1. The standard InChI is InChI=1S/C24H32FN5O4.ClH/c1-4-27-16-18(23(32)29-10-12-30(13-11-29)24(33)34-5-2)22(31)17-14-19(25)21(15-20(17)27)28-8-6-26(3)7-9-28;/h14-16H,4-13H2,1-3H3;1H. The number of fused-ring (bicyclic) bond motifs is 1. The van der Waals surface area contributed by atoms with E-state index in [4.69, 9.17) is 4.74 Å². The fourth-order valence-corrected chi connectivity index (χ4v) is 4.58. The van der Waals surface area contributed by atoms with E-state index in [-0.39, 0.29) is 23.4 Å². The lowest BCUT2D eigenvalue weighted by molar-refractivity contribution is 0.0569. The maximum Gasteiger partial charge on any atom is 0.409 e. The van der Waals surface area contributed by atoms with Gasteiger partial charge in [-0.3, -0.25) is 9.59 Å². The van der Waals surface area contributed by atoms with Crippen molar-refractivity contribution >= 4 is 41.0 Å². The Labute approximate surface area is 210 Å². The number of hydrogen-bond acceptors (Lipinski definition) is 6.